The summed E-state index contributed by atoms with van der Waals surface area (Å²) in [5.41, 5.74) is 1.78. The van der Waals surface area contributed by atoms with Crippen LogP contribution in [0.15, 0.2) is 35.3 Å². The molecule has 3 heterocycles. The molecule has 138 valence electrons. The Labute approximate surface area is 155 Å². The van der Waals surface area contributed by atoms with Gasteiger partial charge in [-0.05, 0) is 32.0 Å². The molecule has 2 aromatic heterocycles. The Hall–Kier alpha value is -3.35. The molecule has 0 N–H and O–H groups in total. The molecule has 0 aliphatic carbocycles. The molecular weight excluding hydrogens is 348 g/mol. The maximum atomic E-state index is 13.2. The second-order valence-corrected chi connectivity index (χ2v) is 6.26. The molecule has 0 spiro atoms. The Balaban J connectivity index is 1.96. The highest BCUT2D eigenvalue weighted by molar-refractivity contribution is 6.05. The van der Waals surface area contributed by atoms with E-state index < -0.39 is 5.97 Å². The number of carbonyl (C=O) groups is 1. The lowest BCUT2D eigenvalue weighted by atomic mass is 10.0. The van der Waals surface area contributed by atoms with Gasteiger partial charge in [0.05, 0.1) is 35.1 Å². The van der Waals surface area contributed by atoms with Crippen molar-refractivity contribution >= 4 is 16.7 Å². The van der Waals surface area contributed by atoms with Crippen molar-refractivity contribution in [3.8, 4) is 17.2 Å². The molecule has 0 saturated heterocycles. The van der Waals surface area contributed by atoms with Crippen molar-refractivity contribution in [3.63, 3.8) is 0 Å². The number of carbonyl (C=O) groups excluding carboxylic acids is 1. The van der Waals surface area contributed by atoms with E-state index in [1.54, 1.807) is 44.3 Å². The van der Waals surface area contributed by atoms with Gasteiger partial charge in [0, 0.05) is 17.6 Å². The van der Waals surface area contributed by atoms with E-state index in [1.807, 2.05) is 0 Å². The minimum Gasteiger partial charge on any atom is -0.486 e. The van der Waals surface area contributed by atoms with Crippen LogP contribution in [0.1, 0.15) is 21.7 Å². The molecule has 4 rings (SSSR count). The highest BCUT2D eigenvalue weighted by atomic mass is 16.6. The van der Waals surface area contributed by atoms with Crippen LogP contribution in [0.4, 0.5) is 0 Å². The molecule has 27 heavy (non-hydrogen) atoms. The fraction of sp³-hybridized carbons (Fsp3) is 0.250. The number of ether oxygens (including phenoxy) is 3. The highest BCUT2D eigenvalue weighted by Gasteiger charge is 2.20. The maximum absolute atomic E-state index is 13.2. The molecule has 0 radical (unpaired) electrons. The predicted molar refractivity (Wildman–Crippen MR) is 99.1 cm³/mol. The number of aryl methyl sites for hydroxylation is 2. The number of benzene rings is 1. The van der Waals surface area contributed by atoms with E-state index in [-0.39, 0.29) is 5.56 Å². The summed E-state index contributed by atoms with van der Waals surface area (Å²) in [6.45, 7) is 4.45. The van der Waals surface area contributed by atoms with E-state index in [4.69, 9.17) is 14.2 Å². The normalized spacial score (nSPS) is 12.9. The first-order chi connectivity index (χ1) is 13.0. The van der Waals surface area contributed by atoms with Gasteiger partial charge < -0.3 is 14.2 Å². The van der Waals surface area contributed by atoms with Gasteiger partial charge in [-0.1, -0.05) is 0 Å². The van der Waals surface area contributed by atoms with Crippen LogP contribution in [0.3, 0.4) is 0 Å². The lowest BCUT2D eigenvalue weighted by molar-refractivity contribution is 0.0601. The summed E-state index contributed by atoms with van der Waals surface area (Å²) in [5, 5.41) is 0.920. The molecule has 1 aliphatic heterocycles. The highest BCUT2D eigenvalue weighted by Crippen LogP contribution is 2.32. The van der Waals surface area contributed by atoms with Crippen LogP contribution in [0.5, 0.6) is 11.5 Å². The topological polar surface area (TPSA) is 79.7 Å². The number of hydrogen-bond donors (Lipinski definition) is 0. The van der Waals surface area contributed by atoms with Gasteiger partial charge >= 0.3 is 5.97 Å². The summed E-state index contributed by atoms with van der Waals surface area (Å²) >= 11 is 0. The Morgan fingerprint density at radius 3 is 2.59 bits per heavy atom. The Kier molecular flexibility index (Phi) is 4.07. The van der Waals surface area contributed by atoms with E-state index in [1.165, 1.54) is 11.7 Å². The van der Waals surface area contributed by atoms with Crippen molar-refractivity contribution in [2.75, 3.05) is 20.3 Å². The Bertz CT molecular complexity index is 1130. The summed E-state index contributed by atoms with van der Waals surface area (Å²) in [6.07, 6.45) is 1.64. The number of rotatable bonds is 2. The third-order valence-corrected chi connectivity index (χ3v) is 4.61. The molecule has 1 aromatic carbocycles. The summed E-state index contributed by atoms with van der Waals surface area (Å²) in [7, 11) is 1.31. The number of pyridine rings is 2. The molecule has 7 nitrogen and oxygen atoms in total. The van der Waals surface area contributed by atoms with Crippen molar-refractivity contribution in [3.05, 3.63) is 57.8 Å². The minimum absolute atomic E-state index is 0.265. The van der Waals surface area contributed by atoms with E-state index >= 15 is 0 Å². The second kappa shape index (κ2) is 6.42. The van der Waals surface area contributed by atoms with Crippen LogP contribution in [-0.2, 0) is 4.74 Å². The smallest absolute Gasteiger partial charge is 0.340 e. The molecule has 1 aliphatic rings. The number of aromatic nitrogens is 2. The molecule has 0 fully saturated rings. The number of nitrogens with zero attached hydrogens (tertiary/aromatic N) is 2. The van der Waals surface area contributed by atoms with Gasteiger partial charge in [-0.3, -0.25) is 14.3 Å². The van der Waals surface area contributed by atoms with Crippen molar-refractivity contribution in [1.82, 2.24) is 9.55 Å². The third kappa shape index (κ3) is 2.71. The van der Waals surface area contributed by atoms with Crippen LogP contribution < -0.4 is 15.0 Å². The second-order valence-electron chi connectivity index (χ2n) is 6.26. The average Bonchev–Trinajstić information content (AvgIpc) is 2.67. The monoisotopic (exact) mass is 366 g/mol. The summed E-state index contributed by atoms with van der Waals surface area (Å²) < 4.78 is 17.5. The zero-order valence-corrected chi connectivity index (χ0v) is 15.2. The standard InChI is InChI=1S/C20H18N2O5/c1-11-17-14(18(12(2)21-11)20(24)25-3)6-7-22(19(17)23)13-4-5-15-16(10-13)27-9-8-26-15/h4-7,10H,8-9H2,1-3H3. The first-order valence-corrected chi connectivity index (χ1v) is 8.52. The van der Waals surface area contributed by atoms with Gasteiger partial charge in [0.25, 0.3) is 5.56 Å². The van der Waals surface area contributed by atoms with Crippen molar-refractivity contribution < 1.29 is 19.0 Å². The fourth-order valence-corrected chi connectivity index (χ4v) is 3.40. The number of hydrogen-bond acceptors (Lipinski definition) is 6. The molecule has 7 heteroatoms. The van der Waals surface area contributed by atoms with Gasteiger partial charge in [0.15, 0.2) is 11.5 Å². The van der Waals surface area contributed by atoms with E-state index in [2.05, 4.69) is 4.98 Å². The molecule has 3 aromatic rings. The first-order valence-electron chi connectivity index (χ1n) is 8.52. The molecule has 0 saturated carbocycles. The van der Waals surface area contributed by atoms with Crippen molar-refractivity contribution in [2.24, 2.45) is 0 Å². The maximum Gasteiger partial charge on any atom is 0.340 e. The minimum atomic E-state index is -0.513. The van der Waals surface area contributed by atoms with Crippen molar-refractivity contribution in [2.45, 2.75) is 13.8 Å². The number of methoxy groups -OCH3 is 1. The van der Waals surface area contributed by atoms with E-state index in [9.17, 15) is 9.59 Å². The van der Waals surface area contributed by atoms with Gasteiger partial charge in [0.2, 0.25) is 0 Å². The number of fused-ring (bicyclic) bond motifs is 2. The lowest BCUT2D eigenvalue weighted by Gasteiger charge is -2.19. The zero-order valence-electron chi connectivity index (χ0n) is 15.2. The van der Waals surface area contributed by atoms with Crippen molar-refractivity contribution in [1.29, 1.82) is 0 Å². The Morgan fingerprint density at radius 2 is 1.85 bits per heavy atom. The third-order valence-electron chi connectivity index (χ3n) is 4.61. The Morgan fingerprint density at radius 1 is 1.11 bits per heavy atom. The predicted octanol–water partition coefficient (Wildman–Crippen LogP) is 2.56. The molecule has 0 bridgehead atoms. The quantitative estimate of drug-likeness (QED) is 0.649. The van der Waals surface area contributed by atoms with Crippen LogP contribution in [-0.4, -0.2) is 35.8 Å². The molecule has 0 amide bonds. The van der Waals surface area contributed by atoms with Gasteiger partial charge in [-0.25, -0.2) is 4.79 Å². The summed E-state index contributed by atoms with van der Waals surface area (Å²) in [6, 6.07) is 7.07. The average molecular weight is 366 g/mol. The largest absolute Gasteiger partial charge is 0.486 e. The van der Waals surface area contributed by atoms with Crippen LogP contribution in [0, 0.1) is 13.8 Å². The molecular formula is C20H18N2O5. The van der Waals surface area contributed by atoms with Crippen LogP contribution in [0.2, 0.25) is 0 Å². The summed E-state index contributed by atoms with van der Waals surface area (Å²) in [5.74, 6) is 0.738. The van der Waals surface area contributed by atoms with Gasteiger partial charge in [-0.2, -0.15) is 0 Å². The van der Waals surface area contributed by atoms with Gasteiger partial charge in [-0.15, -0.1) is 0 Å². The van der Waals surface area contributed by atoms with E-state index in [0.29, 0.717) is 58.1 Å². The molecule has 0 atom stereocenters. The zero-order chi connectivity index (χ0) is 19.1. The summed E-state index contributed by atoms with van der Waals surface area (Å²) in [4.78, 5) is 29.8. The first kappa shape index (κ1) is 17.1. The van der Waals surface area contributed by atoms with Crippen LogP contribution >= 0.6 is 0 Å². The lowest BCUT2D eigenvalue weighted by Crippen LogP contribution is -2.21. The van der Waals surface area contributed by atoms with Gasteiger partial charge in [0.1, 0.15) is 13.2 Å². The number of esters is 1. The van der Waals surface area contributed by atoms with E-state index in [0.717, 1.165) is 0 Å². The van der Waals surface area contributed by atoms with Crippen LogP contribution in [0.25, 0.3) is 16.5 Å². The fourth-order valence-electron chi connectivity index (χ4n) is 3.40. The SMILES string of the molecule is COC(=O)c1c(C)nc(C)c2c(=O)n(-c3ccc4c(c3)OCCO4)ccc12. The molecule has 0 unspecified atom stereocenters.